The third-order valence-electron chi connectivity index (χ3n) is 4.71. The van der Waals surface area contributed by atoms with Crippen molar-refractivity contribution in [1.82, 2.24) is 4.98 Å². The Balaban J connectivity index is 1.94. The zero-order valence-corrected chi connectivity index (χ0v) is 13.3. The van der Waals surface area contributed by atoms with Crippen molar-refractivity contribution in [3.63, 3.8) is 0 Å². The number of ether oxygens (including phenoxy) is 1. The van der Waals surface area contributed by atoms with Crippen LogP contribution in [0.1, 0.15) is 79.9 Å². The molecule has 0 bridgehead atoms. The average molecular weight is 294 g/mol. The van der Waals surface area contributed by atoms with Gasteiger partial charge in [-0.15, -0.1) is 11.3 Å². The first-order chi connectivity index (χ1) is 9.75. The molecule has 0 radical (unpaired) electrons. The van der Waals surface area contributed by atoms with Crippen molar-refractivity contribution >= 4 is 11.3 Å². The molecule has 0 aromatic carbocycles. The number of nitrogens with two attached hydrogens (primary N) is 1. The topological polar surface area (TPSA) is 48.1 Å². The van der Waals surface area contributed by atoms with E-state index in [0.29, 0.717) is 0 Å². The fraction of sp³-hybridized carbons (Fsp3) is 0.812. The summed E-state index contributed by atoms with van der Waals surface area (Å²) in [6.07, 6.45) is 10.8. The minimum Gasteiger partial charge on any atom is -0.368 e. The maximum atomic E-state index is 6.27. The van der Waals surface area contributed by atoms with Crippen LogP contribution in [0.4, 0.5) is 0 Å². The molecule has 0 saturated heterocycles. The predicted molar refractivity (Wildman–Crippen MR) is 83.0 cm³/mol. The van der Waals surface area contributed by atoms with Gasteiger partial charge in [0, 0.05) is 17.5 Å². The lowest BCUT2D eigenvalue weighted by molar-refractivity contribution is -0.0560. The molecule has 1 fully saturated rings. The normalized spacial score (nSPS) is 26.0. The number of rotatable bonds is 3. The second kappa shape index (κ2) is 6.12. The third-order valence-corrected chi connectivity index (χ3v) is 6.13. The highest BCUT2D eigenvalue weighted by Gasteiger charge is 2.38. The Morgan fingerprint density at radius 3 is 2.65 bits per heavy atom. The minimum absolute atomic E-state index is 0.118. The van der Waals surface area contributed by atoms with E-state index in [9.17, 15) is 0 Å². The maximum absolute atomic E-state index is 6.27. The zero-order valence-electron chi connectivity index (χ0n) is 12.5. The van der Waals surface area contributed by atoms with Crippen LogP contribution in [0.15, 0.2) is 0 Å². The number of fused-ring (bicyclic) bond motifs is 1. The van der Waals surface area contributed by atoms with Gasteiger partial charge in [-0.25, -0.2) is 4.98 Å². The van der Waals surface area contributed by atoms with Crippen molar-refractivity contribution in [2.75, 3.05) is 6.61 Å². The number of aryl methyl sites for hydroxylation is 1. The zero-order chi connectivity index (χ0) is 14.0. The fourth-order valence-electron chi connectivity index (χ4n) is 3.64. The minimum atomic E-state index is -0.118. The SMILES string of the molecule is CCOC1(c2nc3c(s2)C(N)CCC3)CCCCCC1. The van der Waals surface area contributed by atoms with Gasteiger partial charge in [-0.05, 0) is 39.0 Å². The number of hydrogen-bond acceptors (Lipinski definition) is 4. The molecule has 1 unspecified atom stereocenters. The van der Waals surface area contributed by atoms with Crippen LogP contribution in [0.5, 0.6) is 0 Å². The lowest BCUT2D eigenvalue weighted by Crippen LogP contribution is -2.29. The smallest absolute Gasteiger partial charge is 0.125 e. The van der Waals surface area contributed by atoms with Gasteiger partial charge in [-0.2, -0.15) is 0 Å². The molecular formula is C16H26N2OS. The summed E-state index contributed by atoms with van der Waals surface area (Å²) in [5.41, 5.74) is 7.41. The monoisotopic (exact) mass is 294 g/mol. The third kappa shape index (κ3) is 2.66. The first-order valence-electron chi connectivity index (χ1n) is 8.15. The Kier molecular flexibility index (Phi) is 4.43. The maximum Gasteiger partial charge on any atom is 0.125 e. The largest absolute Gasteiger partial charge is 0.368 e. The Bertz CT molecular complexity index is 449. The second-order valence-corrected chi connectivity index (χ2v) is 7.20. The van der Waals surface area contributed by atoms with E-state index in [4.69, 9.17) is 15.5 Å². The summed E-state index contributed by atoms with van der Waals surface area (Å²) < 4.78 is 6.26. The van der Waals surface area contributed by atoms with Gasteiger partial charge >= 0.3 is 0 Å². The number of aromatic nitrogens is 1. The van der Waals surface area contributed by atoms with Crippen LogP contribution in [0.25, 0.3) is 0 Å². The predicted octanol–water partition coefficient (Wildman–Crippen LogP) is 4.07. The molecular weight excluding hydrogens is 268 g/mol. The summed E-state index contributed by atoms with van der Waals surface area (Å²) in [5.74, 6) is 0. The lowest BCUT2D eigenvalue weighted by Gasteiger charge is -2.30. The van der Waals surface area contributed by atoms with Crippen LogP contribution in [0.2, 0.25) is 0 Å². The molecule has 112 valence electrons. The van der Waals surface area contributed by atoms with Crippen molar-refractivity contribution in [3.8, 4) is 0 Å². The van der Waals surface area contributed by atoms with Gasteiger partial charge in [0.1, 0.15) is 10.6 Å². The molecule has 4 heteroatoms. The molecule has 1 saturated carbocycles. The Hall–Kier alpha value is -0.450. The van der Waals surface area contributed by atoms with Gasteiger partial charge in [0.05, 0.1) is 5.69 Å². The van der Waals surface area contributed by atoms with Crippen LogP contribution in [0.3, 0.4) is 0 Å². The van der Waals surface area contributed by atoms with E-state index in [1.54, 1.807) is 0 Å². The molecule has 2 aliphatic carbocycles. The van der Waals surface area contributed by atoms with E-state index in [0.717, 1.165) is 32.3 Å². The highest BCUT2D eigenvalue weighted by Crippen LogP contribution is 2.44. The van der Waals surface area contributed by atoms with Crippen molar-refractivity contribution < 1.29 is 4.74 Å². The summed E-state index contributed by atoms with van der Waals surface area (Å²) in [6.45, 7) is 2.88. The number of nitrogens with zero attached hydrogens (tertiary/aromatic N) is 1. The summed E-state index contributed by atoms with van der Waals surface area (Å²) in [6, 6.07) is 0.203. The van der Waals surface area contributed by atoms with E-state index >= 15 is 0 Å². The second-order valence-electron chi connectivity index (χ2n) is 6.17. The van der Waals surface area contributed by atoms with Crippen LogP contribution >= 0.6 is 11.3 Å². The highest BCUT2D eigenvalue weighted by molar-refractivity contribution is 7.12. The quantitative estimate of drug-likeness (QED) is 0.855. The van der Waals surface area contributed by atoms with Crippen LogP contribution in [-0.2, 0) is 16.8 Å². The summed E-state index contributed by atoms with van der Waals surface area (Å²) >= 11 is 1.84. The molecule has 0 amide bonds. The number of thiazole rings is 1. The van der Waals surface area contributed by atoms with Gasteiger partial charge in [-0.1, -0.05) is 25.7 Å². The van der Waals surface area contributed by atoms with Crippen molar-refractivity contribution in [1.29, 1.82) is 0 Å². The molecule has 2 N–H and O–H groups in total. The summed E-state index contributed by atoms with van der Waals surface area (Å²) in [4.78, 5) is 6.30. The highest BCUT2D eigenvalue weighted by atomic mass is 32.1. The van der Waals surface area contributed by atoms with Crippen molar-refractivity contribution in [3.05, 3.63) is 15.6 Å². The molecule has 0 aliphatic heterocycles. The molecule has 3 nitrogen and oxygen atoms in total. The van der Waals surface area contributed by atoms with Gasteiger partial charge in [0.25, 0.3) is 0 Å². The lowest BCUT2D eigenvalue weighted by atomic mass is 9.94. The van der Waals surface area contributed by atoms with E-state index in [-0.39, 0.29) is 11.6 Å². The van der Waals surface area contributed by atoms with E-state index < -0.39 is 0 Å². The molecule has 1 aromatic heterocycles. The van der Waals surface area contributed by atoms with Crippen molar-refractivity contribution in [2.24, 2.45) is 5.73 Å². The summed E-state index contributed by atoms with van der Waals surface area (Å²) in [7, 11) is 0. The first-order valence-corrected chi connectivity index (χ1v) is 8.96. The average Bonchev–Trinajstić information content (AvgIpc) is 2.75. The molecule has 20 heavy (non-hydrogen) atoms. The van der Waals surface area contributed by atoms with Crippen LogP contribution in [-0.4, -0.2) is 11.6 Å². The molecule has 3 rings (SSSR count). The summed E-state index contributed by atoms with van der Waals surface area (Å²) in [5, 5.41) is 1.21. The van der Waals surface area contributed by atoms with Crippen molar-refractivity contribution in [2.45, 2.75) is 76.4 Å². The van der Waals surface area contributed by atoms with Gasteiger partial charge in [0.2, 0.25) is 0 Å². The molecule has 1 aromatic rings. The van der Waals surface area contributed by atoms with Gasteiger partial charge in [-0.3, -0.25) is 0 Å². The number of hydrogen-bond donors (Lipinski definition) is 1. The Morgan fingerprint density at radius 2 is 2.00 bits per heavy atom. The van der Waals surface area contributed by atoms with E-state index in [1.807, 2.05) is 11.3 Å². The van der Waals surface area contributed by atoms with Crippen LogP contribution in [0, 0.1) is 0 Å². The molecule has 0 spiro atoms. The Morgan fingerprint density at radius 1 is 1.25 bits per heavy atom. The molecule has 1 heterocycles. The first kappa shape index (κ1) is 14.5. The molecule has 1 atom stereocenters. The van der Waals surface area contributed by atoms with E-state index in [1.165, 1.54) is 47.7 Å². The fourth-order valence-corrected chi connectivity index (χ4v) is 4.99. The van der Waals surface area contributed by atoms with Gasteiger partial charge in [0.15, 0.2) is 0 Å². The standard InChI is InChI=1S/C16H26N2OS/c1-2-19-16(10-5-3-4-6-11-16)15-18-13-9-7-8-12(17)14(13)20-15/h12H,2-11,17H2,1H3. The van der Waals surface area contributed by atoms with E-state index in [2.05, 4.69) is 6.92 Å². The molecule has 2 aliphatic rings. The van der Waals surface area contributed by atoms with Gasteiger partial charge < -0.3 is 10.5 Å². The Labute approximate surface area is 125 Å². The van der Waals surface area contributed by atoms with Crippen LogP contribution < -0.4 is 5.73 Å².